The third-order valence-electron chi connectivity index (χ3n) is 3.96. The summed E-state index contributed by atoms with van der Waals surface area (Å²) < 4.78 is 0. The van der Waals surface area contributed by atoms with Crippen LogP contribution in [0.4, 0.5) is 5.69 Å². The van der Waals surface area contributed by atoms with E-state index in [1.165, 1.54) is 6.21 Å². The number of hydrogen-bond acceptors (Lipinski definition) is 5. The van der Waals surface area contributed by atoms with Gasteiger partial charge in [-0.3, -0.25) is 4.79 Å². The van der Waals surface area contributed by atoms with Gasteiger partial charge in [-0.25, -0.2) is 5.10 Å². The van der Waals surface area contributed by atoms with E-state index < -0.39 is 5.56 Å². The summed E-state index contributed by atoms with van der Waals surface area (Å²) in [5, 5.41) is 17.4. The molecule has 0 radical (unpaired) electrons. The fourth-order valence-corrected chi connectivity index (χ4v) is 2.95. The molecule has 6 nitrogen and oxygen atoms in total. The van der Waals surface area contributed by atoms with Gasteiger partial charge in [-0.15, -0.1) is 0 Å². The molecule has 0 unspecified atom stereocenters. The highest BCUT2D eigenvalue weighted by Crippen LogP contribution is 2.26. The number of nitrogens with zero attached hydrogens (tertiary/aromatic N) is 2. The maximum Gasteiger partial charge on any atom is 0.285 e. The molecule has 23 heavy (non-hydrogen) atoms. The molecular weight excluding hydrogens is 314 g/mol. The van der Waals surface area contributed by atoms with Crippen LogP contribution in [0.3, 0.4) is 0 Å². The number of aromatic amines is 1. The molecule has 1 aromatic rings. The van der Waals surface area contributed by atoms with Crippen LogP contribution in [0.2, 0.25) is 5.02 Å². The summed E-state index contributed by atoms with van der Waals surface area (Å²) >= 11 is 6.08. The van der Waals surface area contributed by atoms with Crippen LogP contribution in [0, 0.1) is 5.41 Å². The molecule has 7 heteroatoms. The van der Waals surface area contributed by atoms with Gasteiger partial charge in [0.15, 0.2) is 0 Å². The normalized spacial score (nSPS) is 18.0. The third kappa shape index (κ3) is 3.37. The average molecular weight is 332 g/mol. The van der Waals surface area contributed by atoms with Crippen molar-refractivity contribution in [3.63, 3.8) is 0 Å². The van der Waals surface area contributed by atoms with Gasteiger partial charge in [0, 0.05) is 42.7 Å². The minimum absolute atomic E-state index is 0.138. The van der Waals surface area contributed by atoms with Crippen molar-refractivity contribution in [2.75, 3.05) is 18.0 Å². The summed E-state index contributed by atoms with van der Waals surface area (Å²) in [4.78, 5) is 13.6. The van der Waals surface area contributed by atoms with Crippen LogP contribution in [-0.4, -0.2) is 29.5 Å². The van der Waals surface area contributed by atoms with E-state index in [4.69, 9.17) is 17.0 Å². The lowest BCUT2D eigenvalue weighted by Gasteiger charge is -2.32. The Hall–Kier alpha value is -2.34. The maximum atomic E-state index is 11.6. The average Bonchev–Trinajstić information content (AvgIpc) is 2.59. The molecule has 2 heterocycles. The summed E-state index contributed by atoms with van der Waals surface area (Å²) in [6.07, 6.45) is 12.1. The molecule has 0 aromatic carbocycles. The fourth-order valence-electron chi connectivity index (χ4n) is 2.74. The Morgan fingerprint density at radius 2 is 2.30 bits per heavy atom. The van der Waals surface area contributed by atoms with Crippen LogP contribution in [-0.2, 0) is 0 Å². The molecule has 0 spiro atoms. The van der Waals surface area contributed by atoms with Crippen LogP contribution < -0.4 is 15.8 Å². The molecule has 2 aliphatic rings. The van der Waals surface area contributed by atoms with Gasteiger partial charge in [0.25, 0.3) is 5.56 Å². The Labute approximate surface area is 139 Å². The molecule has 0 saturated heterocycles. The first-order valence-corrected chi connectivity index (χ1v) is 7.91. The Morgan fingerprint density at radius 3 is 3.04 bits per heavy atom. The van der Waals surface area contributed by atoms with E-state index in [0.29, 0.717) is 18.8 Å². The second-order valence-electron chi connectivity index (χ2n) is 5.48. The molecule has 0 amide bonds. The first kappa shape index (κ1) is 15.6. The Bertz CT molecular complexity index is 762. The van der Waals surface area contributed by atoms with Gasteiger partial charge in [-0.1, -0.05) is 23.8 Å². The number of halogens is 1. The minimum Gasteiger partial charge on any atom is -0.364 e. The van der Waals surface area contributed by atoms with Crippen LogP contribution in [0.15, 0.2) is 46.2 Å². The van der Waals surface area contributed by atoms with Crippen molar-refractivity contribution in [3.8, 4) is 0 Å². The van der Waals surface area contributed by atoms with Crippen molar-refractivity contribution in [2.45, 2.75) is 19.3 Å². The highest BCUT2D eigenvalue weighted by Gasteiger charge is 2.21. The van der Waals surface area contributed by atoms with Crippen molar-refractivity contribution in [3.05, 3.63) is 56.8 Å². The van der Waals surface area contributed by atoms with Gasteiger partial charge in [0.1, 0.15) is 5.02 Å². The van der Waals surface area contributed by atoms with E-state index in [0.717, 1.165) is 36.2 Å². The Morgan fingerprint density at radius 1 is 1.43 bits per heavy atom. The largest absolute Gasteiger partial charge is 0.364 e. The molecule has 1 aliphatic carbocycles. The van der Waals surface area contributed by atoms with Crippen molar-refractivity contribution in [1.82, 2.24) is 15.5 Å². The van der Waals surface area contributed by atoms with Crippen LogP contribution in [0.5, 0.6) is 0 Å². The Balaban J connectivity index is 1.82. The van der Waals surface area contributed by atoms with Crippen molar-refractivity contribution in [2.24, 2.45) is 0 Å². The molecular formula is C16H18ClN5O. The number of allylic oxidation sites excluding steroid dienone is 3. The number of aromatic nitrogens is 2. The lowest BCUT2D eigenvalue weighted by Crippen LogP contribution is -2.36. The standard InChI is InChI=1S/C16H18ClN5O/c17-15-14(9-19-21-16(15)23)22-7-6-13(11(8-18)10-22)20-12-4-2-1-3-5-12/h2,4-5,8-9,18,20H,1,3,6-7,10H2,(H,21,23). The van der Waals surface area contributed by atoms with E-state index in [1.807, 2.05) is 4.90 Å². The number of nitrogens with one attached hydrogen (secondary N) is 3. The molecule has 0 atom stereocenters. The zero-order valence-electron chi connectivity index (χ0n) is 12.6. The minimum atomic E-state index is -0.397. The van der Waals surface area contributed by atoms with Crippen LogP contribution in [0.25, 0.3) is 0 Å². The van der Waals surface area contributed by atoms with Crippen molar-refractivity contribution < 1.29 is 0 Å². The van der Waals surface area contributed by atoms with Gasteiger partial charge < -0.3 is 15.6 Å². The summed E-state index contributed by atoms with van der Waals surface area (Å²) in [5.74, 6) is 0. The smallest absolute Gasteiger partial charge is 0.285 e. The summed E-state index contributed by atoms with van der Waals surface area (Å²) in [6.45, 7) is 1.23. The molecule has 1 aromatic heterocycles. The fraction of sp³-hybridized carbons (Fsp3) is 0.312. The molecule has 0 bridgehead atoms. The number of hydrogen-bond donors (Lipinski definition) is 3. The molecule has 1 aliphatic heterocycles. The summed E-state index contributed by atoms with van der Waals surface area (Å²) in [6, 6.07) is 0. The van der Waals surface area contributed by atoms with Crippen LogP contribution in [0.1, 0.15) is 19.3 Å². The number of rotatable bonds is 4. The lowest BCUT2D eigenvalue weighted by molar-refractivity contribution is 0.725. The van der Waals surface area contributed by atoms with E-state index >= 15 is 0 Å². The quantitative estimate of drug-likeness (QED) is 0.739. The molecule has 120 valence electrons. The van der Waals surface area contributed by atoms with Gasteiger partial charge in [0.2, 0.25) is 0 Å². The third-order valence-corrected chi connectivity index (χ3v) is 4.33. The van der Waals surface area contributed by atoms with Crippen LogP contribution >= 0.6 is 11.6 Å². The topological polar surface area (TPSA) is 84.9 Å². The van der Waals surface area contributed by atoms with E-state index in [2.05, 4.69) is 33.7 Å². The monoisotopic (exact) mass is 331 g/mol. The first-order valence-electron chi connectivity index (χ1n) is 7.53. The second kappa shape index (κ2) is 6.83. The SMILES string of the molecule is N=CC1=C(NC2=CCCC=C2)CCN(c2cn[nH]c(=O)c2Cl)C1. The zero-order chi connectivity index (χ0) is 16.2. The highest BCUT2D eigenvalue weighted by molar-refractivity contribution is 6.33. The predicted molar refractivity (Wildman–Crippen MR) is 92.1 cm³/mol. The van der Waals surface area contributed by atoms with E-state index in [9.17, 15) is 4.79 Å². The number of H-pyrrole nitrogens is 1. The predicted octanol–water partition coefficient (Wildman–Crippen LogP) is 2.36. The van der Waals surface area contributed by atoms with Crippen molar-refractivity contribution in [1.29, 1.82) is 5.41 Å². The van der Waals surface area contributed by atoms with E-state index in [1.54, 1.807) is 6.20 Å². The van der Waals surface area contributed by atoms with Gasteiger partial charge in [-0.2, -0.15) is 5.10 Å². The Kier molecular flexibility index (Phi) is 4.62. The van der Waals surface area contributed by atoms with Gasteiger partial charge in [-0.05, 0) is 18.9 Å². The second-order valence-corrected chi connectivity index (χ2v) is 5.86. The maximum absolute atomic E-state index is 11.6. The molecule has 0 fully saturated rings. The summed E-state index contributed by atoms with van der Waals surface area (Å²) in [5.41, 5.74) is 3.21. The van der Waals surface area contributed by atoms with Crippen molar-refractivity contribution >= 4 is 23.5 Å². The first-order chi connectivity index (χ1) is 11.2. The molecule has 3 rings (SSSR count). The highest BCUT2D eigenvalue weighted by atomic mass is 35.5. The zero-order valence-corrected chi connectivity index (χ0v) is 13.4. The summed E-state index contributed by atoms with van der Waals surface area (Å²) in [7, 11) is 0. The van der Waals surface area contributed by atoms with Gasteiger partial charge >= 0.3 is 0 Å². The lowest BCUT2D eigenvalue weighted by atomic mass is 10.0. The number of anilines is 1. The molecule has 3 N–H and O–H groups in total. The van der Waals surface area contributed by atoms with E-state index in [-0.39, 0.29) is 5.02 Å². The van der Waals surface area contributed by atoms with Gasteiger partial charge in [0.05, 0.1) is 11.9 Å². The molecule has 0 saturated carbocycles.